The molecule has 0 unspecified atom stereocenters. The summed E-state index contributed by atoms with van der Waals surface area (Å²) >= 11 is 0. The quantitative estimate of drug-likeness (QED) is 0.847. The molecule has 22 heavy (non-hydrogen) atoms. The molecule has 4 nitrogen and oxygen atoms in total. The Morgan fingerprint density at radius 2 is 1.86 bits per heavy atom. The van der Waals surface area contributed by atoms with Gasteiger partial charge >= 0.3 is 0 Å². The molecular weight excluding hydrogens is 310 g/mol. The van der Waals surface area contributed by atoms with Crippen LogP contribution in [0.2, 0.25) is 0 Å². The highest BCUT2D eigenvalue weighted by atomic mass is 32.2. The predicted molar refractivity (Wildman–Crippen MR) is 79.8 cm³/mol. The average Bonchev–Trinajstić information content (AvgIpc) is 3.29. The van der Waals surface area contributed by atoms with Gasteiger partial charge in [-0.3, -0.25) is 4.90 Å². The standard InChI is InChI=1S/C15H20F2N2O2S/c16-13-2-5-15(17)12(10-13)11-18-6-1-7-19(9-8-18)22(20,21)14-3-4-14/h2,5,10,14H,1,3-4,6-9,11H2. The fourth-order valence-corrected chi connectivity index (χ4v) is 4.72. The molecule has 7 heteroatoms. The highest BCUT2D eigenvalue weighted by molar-refractivity contribution is 7.90. The zero-order chi connectivity index (χ0) is 15.7. The molecule has 0 aromatic heterocycles. The minimum absolute atomic E-state index is 0.195. The number of benzene rings is 1. The summed E-state index contributed by atoms with van der Waals surface area (Å²) in [6, 6.07) is 3.44. The van der Waals surface area contributed by atoms with E-state index in [1.54, 1.807) is 4.31 Å². The van der Waals surface area contributed by atoms with Crippen molar-refractivity contribution in [2.75, 3.05) is 26.2 Å². The van der Waals surface area contributed by atoms with Gasteiger partial charge in [0.15, 0.2) is 0 Å². The molecule has 1 aliphatic heterocycles. The highest BCUT2D eigenvalue weighted by Gasteiger charge is 2.40. The Morgan fingerprint density at radius 3 is 2.59 bits per heavy atom. The van der Waals surface area contributed by atoms with Crippen LogP contribution in [-0.4, -0.2) is 49.1 Å². The molecule has 1 heterocycles. The van der Waals surface area contributed by atoms with Crippen molar-refractivity contribution in [2.45, 2.75) is 31.1 Å². The summed E-state index contributed by atoms with van der Waals surface area (Å²) < 4.78 is 53.0. The van der Waals surface area contributed by atoms with Gasteiger partial charge in [0.25, 0.3) is 0 Å². The predicted octanol–water partition coefficient (Wildman–Crippen LogP) is 1.96. The maximum atomic E-state index is 13.7. The Kier molecular flexibility index (Phi) is 4.47. The summed E-state index contributed by atoms with van der Waals surface area (Å²) in [6.07, 6.45) is 2.23. The van der Waals surface area contributed by atoms with Crippen molar-refractivity contribution in [2.24, 2.45) is 0 Å². The van der Waals surface area contributed by atoms with E-state index in [4.69, 9.17) is 0 Å². The SMILES string of the molecule is O=S(=O)(C1CC1)N1CCCN(Cc2cc(F)ccc2F)CC1. The van der Waals surface area contributed by atoms with Gasteiger partial charge in [0, 0.05) is 31.7 Å². The maximum Gasteiger partial charge on any atom is 0.217 e. The molecule has 0 spiro atoms. The Labute approximate surface area is 129 Å². The topological polar surface area (TPSA) is 40.6 Å². The smallest absolute Gasteiger partial charge is 0.217 e. The molecule has 0 atom stereocenters. The Bertz CT molecular complexity index is 647. The number of sulfonamides is 1. The summed E-state index contributed by atoms with van der Waals surface area (Å²) in [5.74, 6) is -0.878. The van der Waals surface area contributed by atoms with E-state index in [9.17, 15) is 17.2 Å². The van der Waals surface area contributed by atoms with Crippen LogP contribution in [0.1, 0.15) is 24.8 Å². The molecule has 1 aromatic carbocycles. The number of hydrogen-bond donors (Lipinski definition) is 0. The highest BCUT2D eigenvalue weighted by Crippen LogP contribution is 2.31. The zero-order valence-electron chi connectivity index (χ0n) is 12.3. The molecule has 0 radical (unpaired) electrons. The third kappa shape index (κ3) is 3.47. The summed E-state index contributed by atoms with van der Waals surface area (Å²) in [6.45, 7) is 2.48. The second-order valence-corrected chi connectivity index (χ2v) is 8.22. The molecule has 3 rings (SSSR count). The number of hydrogen-bond acceptors (Lipinski definition) is 3. The van der Waals surface area contributed by atoms with Crippen molar-refractivity contribution in [1.29, 1.82) is 0 Å². The van der Waals surface area contributed by atoms with E-state index < -0.39 is 21.7 Å². The van der Waals surface area contributed by atoms with Crippen molar-refractivity contribution < 1.29 is 17.2 Å². The van der Waals surface area contributed by atoms with E-state index in [2.05, 4.69) is 0 Å². The summed E-state index contributed by atoms with van der Waals surface area (Å²) in [5.41, 5.74) is 0.318. The molecule has 2 aliphatic rings. The fraction of sp³-hybridized carbons (Fsp3) is 0.600. The van der Waals surface area contributed by atoms with Gasteiger partial charge in [-0.25, -0.2) is 21.5 Å². The van der Waals surface area contributed by atoms with Crippen molar-refractivity contribution in [1.82, 2.24) is 9.21 Å². The van der Waals surface area contributed by atoms with Crippen LogP contribution >= 0.6 is 0 Å². The van der Waals surface area contributed by atoms with Gasteiger partial charge < -0.3 is 0 Å². The third-order valence-electron chi connectivity index (χ3n) is 4.25. The Balaban J connectivity index is 1.64. The van der Waals surface area contributed by atoms with E-state index >= 15 is 0 Å². The largest absolute Gasteiger partial charge is 0.298 e. The van der Waals surface area contributed by atoms with Gasteiger partial charge in [-0.15, -0.1) is 0 Å². The molecule has 0 amide bonds. The van der Waals surface area contributed by atoms with Crippen LogP contribution in [0.4, 0.5) is 8.78 Å². The van der Waals surface area contributed by atoms with E-state index in [1.807, 2.05) is 4.90 Å². The minimum atomic E-state index is -3.15. The molecule has 1 saturated carbocycles. The second kappa shape index (κ2) is 6.22. The molecule has 0 N–H and O–H groups in total. The lowest BCUT2D eigenvalue weighted by molar-refractivity contribution is 0.274. The zero-order valence-corrected chi connectivity index (χ0v) is 13.2. The number of nitrogens with zero attached hydrogens (tertiary/aromatic N) is 2. The normalized spacial score (nSPS) is 21.7. The van der Waals surface area contributed by atoms with Crippen LogP contribution in [-0.2, 0) is 16.6 Å². The Morgan fingerprint density at radius 1 is 1.09 bits per heavy atom. The maximum absolute atomic E-state index is 13.7. The molecule has 1 saturated heterocycles. The van der Waals surface area contributed by atoms with Gasteiger partial charge in [0.1, 0.15) is 11.6 Å². The lowest BCUT2D eigenvalue weighted by Gasteiger charge is -2.22. The number of halogens is 2. The van der Waals surface area contributed by atoms with Crippen LogP contribution in [0.15, 0.2) is 18.2 Å². The van der Waals surface area contributed by atoms with E-state index in [0.717, 1.165) is 25.0 Å². The first-order valence-electron chi connectivity index (χ1n) is 7.62. The van der Waals surface area contributed by atoms with E-state index in [1.165, 1.54) is 6.07 Å². The first-order valence-corrected chi connectivity index (χ1v) is 9.12. The third-order valence-corrected chi connectivity index (χ3v) is 6.65. The second-order valence-electron chi connectivity index (χ2n) is 6.01. The molecule has 122 valence electrons. The van der Waals surface area contributed by atoms with E-state index in [0.29, 0.717) is 44.7 Å². The molecule has 1 aromatic rings. The molecule has 1 aliphatic carbocycles. The average molecular weight is 330 g/mol. The lowest BCUT2D eigenvalue weighted by atomic mass is 10.2. The summed E-state index contributed by atoms with van der Waals surface area (Å²) in [5, 5.41) is -0.195. The number of rotatable bonds is 4. The van der Waals surface area contributed by atoms with Crippen molar-refractivity contribution >= 4 is 10.0 Å². The monoisotopic (exact) mass is 330 g/mol. The fourth-order valence-electron chi connectivity index (χ4n) is 2.84. The first-order chi connectivity index (χ1) is 10.5. The Hall–Kier alpha value is -1.05. The molecule has 2 fully saturated rings. The van der Waals surface area contributed by atoms with Crippen molar-refractivity contribution in [3.05, 3.63) is 35.4 Å². The summed E-state index contributed by atoms with van der Waals surface area (Å²) in [4.78, 5) is 1.99. The van der Waals surface area contributed by atoms with Gasteiger partial charge in [-0.05, 0) is 44.0 Å². The van der Waals surface area contributed by atoms with Crippen LogP contribution in [0.25, 0.3) is 0 Å². The van der Waals surface area contributed by atoms with E-state index in [-0.39, 0.29) is 5.25 Å². The van der Waals surface area contributed by atoms with Crippen LogP contribution < -0.4 is 0 Å². The summed E-state index contributed by atoms with van der Waals surface area (Å²) in [7, 11) is -3.15. The van der Waals surface area contributed by atoms with Gasteiger partial charge in [0.05, 0.1) is 5.25 Å². The minimum Gasteiger partial charge on any atom is -0.298 e. The lowest BCUT2D eigenvalue weighted by Crippen LogP contribution is -2.37. The van der Waals surface area contributed by atoms with Crippen LogP contribution in [0.3, 0.4) is 0 Å². The van der Waals surface area contributed by atoms with Gasteiger partial charge in [-0.2, -0.15) is 0 Å². The molecular formula is C15H20F2N2O2S. The van der Waals surface area contributed by atoms with Crippen LogP contribution in [0.5, 0.6) is 0 Å². The molecule has 0 bridgehead atoms. The van der Waals surface area contributed by atoms with Gasteiger partial charge in [0.2, 0.25) is 10.0 Å². The van der Waals surface area contributed by atoms with Crippen molar-refractivity contribution in [3.63, 3.8) is 0 Å². The van der Waals surface area contributed by atoms with Crippen LogP contribution in [0, 0.1) is 11.6 Å². The first kappa shape index (κ1) is 15.8. The van der Waals surface area contributed by atoms with Gasteiger partial charge in [-0.1, -0.05) is 0 Å². The van der Waals surface area contributed by atoms with Crippen molar-refractivity contribution in [3.8, 4) is 0 Å².